The van der Waals surface area contributed by atoms with Crippen LogP contribution in [0, 0.1) is 0 Å². The highest BCUT2D eigenvalue weighted by atomic mass is 35.5. The first-order valence-electron chi connectivity index (χ1n) is 8.50. The minimum Gasteiger partial charge on any atom is -0.339 e. The van der Waals surface area contributed by atoms with Crippen LogP contribution in [0.4, 0.5) is 0 Å². The zero-order chi connectivity index (χ0) is 19.2. The van der Waals surface area contributed by atoms with Crippen molar-refractivity contribution in [3.63, 3.8) is 0 Å². The fraction of sp³-hybridized carbons (Fsp3) is 0.316. The molecular formula is C19H23ClN2O3S. The molecule has 0 radical (unpaired) electrons. The third-order valence-electron chi connectivity index (χ3n) is 4.04. The van der Waals surface area contributed by atoms with Gasteiger partial charge in [-0.1, -0.05) is 29.8 Å². The molecule has 0 heterocycles. The molecule has 2 rings (SSSR count). The van der Waals surface area contributed by atoms with Crippen molar-refractivity contribution < 1.29 is 13.2 Å². The van der Waals surface area contributed by atoms with Crippen LogP contribution in [0.15, 0.2) is 53.4 Å². The molecule has 0 aliphatic carbocycles. The molecule has 0 aliphatic heterocycles. The van der Waals surface area contributed by atoms with Gasteiger partial charge in [0.15, 0.2) is 0 Å². The molecule has 0 saturated carbocycles. The van der Waals surface area contributed by atoms with Crippen molar-refractivity contribution in [3.8, 4) is 0 Å². The molecule has 1 amide bonds. The van der Waals surface area contributed by atoms with Crippen LogP contribution in [0.25, 0.3) is 0 Å². The van der Waals surface area contributed by atoms with Gasteiger partial charge in [0.1, 0.15) is 0 Å². The van der Waals surface area contributed by atoms with Crippen molar-refractivity contribution >= 4 is 27.5 Å². The first-order chi connectivity index (χ1) is 12.4. The SMILES string of the molecule is CCN(CC)C(=O)c1cccc(S(=O)(=O)NCCc2cccc(Cl)c2)c1. The molecule has 2 aromatic rings. The van der Waals surface area contributed by atoms with E-state index in [1.54, 1.807) is 29.2 Å². The van der Waals surface area contributed by atoms with Crippen LogP contribution < -0.4 is 4.72 Å². The lowest BCUT2D eigenvalue weighted by Gasteiger charge is -2.19. The fourth-order valence-electron chi connectivity index (χ4n) is 2.60. The molecule has 1 N–H and O–H groups in total. The average Bonchev–Trinajstić information content (AvgIpc) is 2.62. The number of hydrogen-bond acceptors (Lipinski definition) is 3. The Morgan fingerprint density at radius 1 is 1.08 bits per heavy atom. The van der Waals surface area contributed by atoms with E-state index in [0.29, 0.717) is 30.1 Å². The third kappa shape index (κ3) is 5.30. The Morgan fingerprint density at radius 2 is 1.77 bits per heavy atom. The van der Waals surface area contributed by atoms with E-state index >= 15 is 0 Å². The Balaban J connectivity index is 2.08. The van der Waals surface area contributed by atoms with Gasteiger partial charge in [-0.15, -0.1) is 0 Å². The van der Waals surface area contributed by atoms with Crippen LogP contribution in [-0.4, -0.2) is 38.9 Å². The van der Waals surface area contributed by atoms with E-state index in [4.69, 9.17) is 11.6 Å². The lowest BCUT2D eigenvalue weighted by atomic mass is 10.2. The molecule has 0 saturated heterocycles. The normalized spacial score (nSPS) is 11.3. The van der Waals surface area contributed by atoms with Gasteiger partial charge in [0.2, 0.25) is 10.0 Å². The van der Waals surface area contributed by atoms with Crippen LogP contribution in [0.3, 0.4) is 0 Å². The average molecular weight is 395 g/mol. The Bertz CT molecular complexity index is 865. The fourth-order valence-corrected chi connectivity index (χ4v) is 3.89. The van der Waals surface area contributed by atoms with Crippen molar-refractivity contribution in [2.24, 2.45) is 0 Å². The number of halogens is 1. The molecule has 140 valence electrons. The van der Waals surface area contributed by atoms with E-state index in [2.05, 4.69) is 4.72 Å². The number of benzene rings is 2. The number of sulfonamides is 1. The maximum atomic E-state index is 12.5. The van der Waals surface area contributed by atoms with E-state index in [-0.39, 0.29) is 17.3 Å². The summed E-state index contributed by atoms with van der Waals surface area (Å²) < 4.78 is 27.6. The first kappa shape index (κ1) is 20.4. The number of carbonyl (C=O) groups is 1. The van der Waals surface area contributed by atoms with E-state index in [1.165, 1.54) is 12.1 Å². The summed E-state index contributed by atoms with van der Waals surface area (Å²) in [5, 5.41) is 0.618. The van der Waals surface area contributed by atoms with Gasteiger partial charge in [-0.25, -0.2) is 13.1 Å². The number of carbonyl (C=O) groups excluding carboxylic acids is 1. The van der Waals surface area contributed by atoms with Crippen LogP contribution in [-0.2, 0) is 16.4 Å². The summed E-state index contributed by atoms with van der Waals surface area (Å²) in [4.78, 5) is 14.2. The number of hydrogen-bond donors (Lipinski definition) is 1. The molecule has 2 aromatic carbocycles. The second-order valence-corrected chi connectivity index (χ2v) is 7.99. The minimum atomic E-state index is -3.69. The standard InChI is InChI=1S/C19H23ClN2O3S/c1-3-22(4-2)19(23)16-8-6-10-18(14-16)26(24,25)21-12-11-15-7-5-9-17(20)13-15/h5-10,13-14,21H,3-4,11-12H2,1-2H3. The highest BCUT2D eigenvalue weighted by molar-refractivity contribution is 7.89. The quantitative estimate of drug-likeness (QED) is 0.746. The molecule has 0 spiro atoms. The maximum absolute atomic E-state index is 12.5. The van der Waals surface area contributed by atoms with Gasteiger partial charge in [-0.2, -0.15) is 0 Å². The van der Waals surface area contributed by atoms with Gasteiger partial charge in [-0.3, -0.25) is 4.79 Å². The molecule has 0 fully saturated rings. The van der Waals surface area contributed by atoms with Crippen LogP contribution >= 0.6 is 11.6 Å². The van der Waals surface area contributed by atoms with Gasteiger partial charge in [0.05, 0.1) is 4.90 Å². The smallest absolute Gasteiger partial charge is 0.253 e. The molecular weight excluding hydrogens is 372 g/mol. The van der Waals surface area contributed by atoms with Crippen LogP contribution in [0.1, 0.15) is 29.8 Å². The third-order valence-corrected chi connectivity index (χ3v) is 5.73. The molecule has 0 atom stereocenters. The molecule has 0 unspecified atom stereocenters. The zero-order valence-corrected chi connectivity index (χ0v) is 16.5. The van der Waals surface area contributed by atoms with Crippen molar-refractivity contribution in [2.45, 2.75) is 25.2 Å². The molecule has 26 heavy (non-hydrogen) atoms. The van der Waals surface area contributed by atoms with E-state index in [0.717, 1.165) is 5.56 Å². The first-order valence-corrected chi connectivity index (χ1v) is 10.4. The molecule has 7 heteroatoms. The minimum absolute atomic E-state index is 0.0848. The Labute approximate surface area is 160 Å². The number of amides is 1. The summed E-state index contributed by atoms with van der Waals surface area (Å²) in [6.45, 7) is 5.17. The van der Waals surface area contributed by atoms with Crippen LogP contribution in [0.5, 0.6) is 0 Å². The summed E-state index contributed by atoms with van der Waals surface area (Å²) in [5.74, 6) is -0.175. The molecule has 0 bridgehead atoms. The summed E-state index contributed by atoms with van der Waals surface area (Å²) in [6, 6.07) is 13.4. The van der Waals surface area contributed by atoms with Gasteiger partial charge < -0.3 is 4.90 Å². The summed E-state index contributed by atoms with van der Waals surface area (Å²) >= 11 is 5.93. The van der Waals surface area contributed by atoms with Crippen LogP contribution in [0.2, 0.25) is 5.02 Å². The lowest BCUT2D eigenvalue weighted by molar-refractivity contribution is 0.0772. The Kier molecular flexibility index (Phi) is 7.20. The highest BCUT2D eigenvalue weighted by Crippen LogP contribution is 2.14. The van der Waals surface area contributed by atoms with Crippen molar-refractivity contribution in [2.75, 3.05) is 19.6 Å². The summed E-state index contributed by atoms with van der Waals surface area (Å²) in [5.41, 5.74) is 1.32. The van der Waals surface area contributed by atoms with Gasteiger partial charge in [0.25, 0.3) is 5.91 Å². The topological polar surface area (TPSA) is 66.5 Å². The summed E-state index contributed by atoms with van der Waals surface area (Å²) in [6.07, 6.45) is 0.526. The monoisotopic (exact) mass is 394 g/mol. The number of nitrogens with one attached hydrogen (secondary N) is 1. The largest absolute Gasteiger partial charge is 0.339 e. The van der Waals surface area contributed by atoms with E-state index in [9.17, 15) is 13.2 Å². The van der Waals surface area contributed by atoms with Gasteiger partial charge in [0, 0.05) is 30.2 Å². The Hall–Kier alpha value is -1.89. The van der Waals surface area contributed by atoms with Crippen molar-refractivity contribution in [3.05, 3.63) is 64.7 Å². The van der Waals surface area contributed by atoms with E-state index < -0.39 is 10.0 Å². The number of rotatable bonds is 8. The predicted octanol–water partition coefficient (Wildman–Crippen LogP) is 3.34. The zero-order valence-electron chi connectivity index (χ0n) is 14.9. The van der Waals surface area contributed by atoms with Gasteiger partial charge in [-0.05, 0) is 56.2 Å². The predicted molar refractivity (Wildman–Crippen MR) is 104 cm³/mol. The molecule has 5 nitrogen and oxygen atoms in total. The molecule has 0 aromatic heterocycles. The number of nitrogens with zero attached hydrogens (tertiary/aromatic N) is 1. The second-order valence-electron chi connectivity index (χ2n) is 5.78. The van der Waals surface area contributed by atoms with E-state index in [1.807, 2.05) is 26.0 Å². The van der Waals surface area contributed by atoms with Crippen molar-refractivity contribution in [1.29, 1.82) is 0 Å². The lowest BCUT2D eigenvalue weighted by Crippen LogP contribution is -2.31. The van der Waals surface area contributed by atoms with Gasteiger partial charge >= 0.3 is 0 Å². The summed E-state index contributed by atoms with van der Waals surface area (Å²) in [7, 11) is -3.69. The Morgan fingerprint density at radius 3 is 2.42 bits per heavy atom. The second kappa shape index (κ2) is 9.16. The maximum Gasteiger partial charge on any atom is 0.253 e. The highest BCUT2D eigenvalue weighted by Gasteiger charge is 2.18. The van der Waals surface area contributed by atoms with Crippen molar-refractivity contribution in [1.82, 2.24) is 9.62 Å². The molecule has 0 aliphatic rings.